The highest BCUT2D eigenvalue weighted by Gasteiger charge is 2.09. The molecule has 27 heavy (non-hydrogen) atoms. The number of hydrogen-bond donors (Lipinski definition) is 0. The lowest BCUT2D eigenvalue weighted by Crippen LogP contribution is -2.08. The van der Waals surface area contributed by atoms with E-state index in [1.165, 1.54) is 32.6 Å². The molecule has 0 heterocycles. The van der Waals surface area contributed by atoms with Crippen molar-refractivity contribution in [1.29, 1.82) is 0 Å². The van der Waals surface area contributed by atoms with Crippen LogP contribution in [0.4, 0.5) is 0 Å². The van der Waals surface area contributed by atoms with Gasteiger partial charge in [0.1, 0.15) is 17.2 Å². The van der Waals surface area contributed by atoms with Crippen molar-refractivity contribution in [3.8, 4) is 17.2 Å². The lowest BCUT2D eigenvalue weighted by atomic mass is 10.2. The Morgan fingerprint density at radius 1 is 0.741 bits per heavy atom. The minimum absolute atomic E-state index is 0.373. The molecular weight excluding hydrogens is 344 g/mol. The van der Waals surface area contributed by atoms with Crippen molar-refractivity contribution in [2.45, 2.75) is 46.0 Å². The Hall–Kier alpha value is -2.82. The molecule has 2 rings (SSSR count). The first-order valence-corrected chi connectivity index (χ1v) is 9.32. The Labute approximate surface area is 160 Å². The molecule has 0 amide bonds. The molecule has 0 aromatic heterocycles. The highest BCUT2D eigenvalue weighted by Crippen LogP contribution is 2.20. The maximum atomic E-state index is 12.2. The third kappa shape index (κ3) is 7.52. The number of hydrogen-bond acceptors (Lipinski definition) is 5. The predicted octanol–water partition coefficient (Wildman–Crippen LogP) is 5.18. The van der Waals surface area contributed by atoms with E-state index in [1.807, 2.05) is 0 Å². The fraction of sp³-hybridized carbons (Fsp3) is 0.364. The second kappa shape index (κ2) is 11.0. The summed E-state index contributed by atoms with van der Waals surface area (Å²) in [6, 6.07) is 13.2. The van der Waals surface area contributed by atoms with Crippen molar-refractivity contribution < 1.29 is 23.8 Å². The Kier molecular flexibility index (Phi) is 8.36. The molecule has 0 unspecified atom stereocenters. The molecule has 0 bridgehead atoms. The Morgan fingerprint density at radius 2 is 1.30 bits per heavy atom. The van der Waals surface area contributed by atoms with Crippen LogP contribution >= 0.6 is 0 Å². The second-order valence-electron chi connectivity index (χ2n) is 6.24. The van der Waals surface area contributed by atoms with Crippen molar-refractivity contribution in [1.82, 2.24) is 0 Å². The van der Waals surface area contributed by atoms with Crippen LogP contribution in [0.3, 0.4) is 0 Å². The summed E-state index contributed by atoms with van der Waals surface area (Å²) in [7, 11) is 0. The molecule has 0 saturated heterocycles. The van der Waals surface area contributed by atoms with E-state index < -0.39 is 11.9 Å². The summed E-state index contributed by atoms with van der Waals surface area (Å²) < 4.78 is 16.0. The first-order chi connectivity index (χ1) is 13.1. The number of carbonyl (C=O) groups excluding carboxylic acids is 2. The minimum Gasteiger partial charge on any atom is -0.494 e. The van der Waals surface area contributed by atoms with E-state index in [4.69, 9.17) is 14.2 Å². The maximum Gasteiger partial charge on any atom is 0.343 e. The Bertz CT molecular complexity index is 719. The van der Waals surface area contributed by atoms with Crippen LogP contribution in [0.2, 0.25) is 0 Å². The van der Waals surface area contributed by atoms with Crippen molar-refractivity contribution in [2.24, 2.45) is 0 Å². The standard InChI is InChI=1S/C22H26O5/c1-3-4-5-6-7-16-25-19-12-14-21(15-13-19)27-22(24)18-8-10-20(11-9-18)26-17(2)23/h8-15H,3-7,16H2,1-2H3. The summed E-state index contributed by atoms with van der Waals surface area (Å²) in [4.78, 5) is 23.1. The van der Waals surface area contributed by atoms with E-state index in [2.05, 4.69) is 6.92 Å². The molecule has 0 radical (unpaired) electrons. The Balaban J connectivity index is 1.79. The number of unbranched alkanes of at least 4 members (excludes halogenated alkanes) is 4. The van der Waals surface area contributed by atoms with Gasteiger partial charge >= 0.3 is 11.9 Å². The Morgan fingerprint density at radius 3 is 1.93 bits per heavy atom. The van der Waals surface area contributed by atoms with E-state index in [1.54, 1.807) is 48.5 Å². The molecule has 2 aromatic carbocycles. The molecule has 0 saturated carbocycles. The van der Waals surface area contributed by atoms with E-state index in [0.717, 1.165) is 12.2 Å². The first kappa shape index (κ1) is 20.5. The van der Waals surface area contributed by atoms with E-state index in [-0.39, 0.29) is 0 Å². The molecule has 0 atom stereocenters. The summed E-state index contributed by atoms with van der Waals surface area (Å²) in [5.41, 5.74) is 0.373. The maximum absolute atomic E-state index is 12.2. The van der Waals surface area contributed by atoms with Crippen molar-refractivity contribution >= 4 is 11.9 Å². The van der Waals surface area contributed by atoms with Gasteiger partial charge in [-0.15, -0.1) is 0 Å². The average molecular weight is 370 g/mol. The molecule has 5 heteroatoms. The van der Waals surface area contributed by atoms with Crippen LogP contribution in [0.1, 0.15) is 56.3 Å². The van der Waals surface area contributed by atoms with Crippen LogP contribution in [0, 0.1) is 0 Å². The van der Waals surface area contributed by atoms with Crippen LogP contribution in [-0.4, -0.2) is 18.5 Å². The van der Waals surface area contributed by atoms with E-state index in [0.29, 0.717) is 23.7 Å². The molecule has 5 nitrogen and oxygen atoms in total. The monoisotopic (exact) mass is 370 g/mol. The fourth-order valence-corrected chi connectivity index (χ4v) is 2.49. The molecule has 0 aliphatic heterocycles. The van der Waals surface area contributed by atoms with Gasteiger partial charge in [-0.2, -0.15) is 0 Å². The van der Waals surface area contributed by atoms with Gasteiger partial charge in [-0.3, -0.25) is 4.79 Å². The van der Waals surface area contributed by atoms with Gasteiger partial charge in [0.25, 0.3) is 0 Å². The minimum atomic E-state index is -0.478. The van der Waals surface area contributed by atoms with Gasteiger partial charge in [0, 0.05) is 6.92 Å². The van der Waals surface area contributed by atoms with Gasteiger partial charge in [-0.1, -0.05) is 32.6 Å². The van der Waals surface area contributed by atoms with E-state index >= 15 is 0 Å². The lowest BCUT2D eigenvalue weighted by Gasteiger charge is -2.08. The van der Waals surface area contributed by atoms with Gasteiger partial charge in [0.05, 0.1) is 12.2 Å². The zero-order valence-electron chi connectivity index (χ0n) is 15.9. The van der Waals surface area contributed by atoms with Gasteiger partial charge in [0.15, 0.2) is 0 Å². The highest BCUT2D eigenvalue weighted by molar-refractivity contribution is 5.91. The van der Waals surface area contributed by atoms with Gasteiger partial charge in [0.2, 0.25) is 0 Å². The van der Waals surface area contributed by atoms with Crippen molar-refractivity contribution in [2.75, 3.05) is 6.61 Å². The molecule has 0 aliphatic carbocycles. The molecule has 0 spiro atoms. The summed E-state index contributed by atoms with van der Waals surface area (Å²) in [5, 5.41) is 0. The number of rotatable bonds is 10. The lowest BCUT2D eigenvalue weighted by molar-refractivity contribution is -0.131. The van der Waals surface area contributed by atoms with Crippen LogP contribution in [0.5, 0.6) is 17.2 Å². The number of carbonyl (C=O) groups is 2. The second-order valence-corrected chi connectivity index (χ2v) is 6.24. The average Bonchev–Trinajstić information content (AvgIpc) is 2.66. The number of esters is 2. The largest absolute Gasteiger partial charge is 0.494 e. The van der Waals surface area contributed by atoms with Gasteiger partial charge in [-0.25, -0.2) is 4.79 Å². The zero-order valence-corrected chi connectivity index (χ0v) is 15.9. The summed E-state index contributed by atoms with van der Waals surface area (Å²) in [6.45, 7) is 4.21. The highest BCUT2D eigenvalue weighted by atomic mass is 16.5. The van der Waals surface area contributed by atoms with Crippen molar-refractivity contribution in [3.63, 3.8) is 0 Å². The SMILES string of the molecule is CCCCCCCOc1ccc(OC(=O)c2ccc(OC(C)=O)cc2)cc1. The quantitative estimate of drug-likeness (QED) is 0.328. The fourth-order valence-electron chi connectivity index (χ4n) is 2.49. The smallest absolute Gasteiger partial charge is 0.343 e. The third-order valence-corrected chi connectivity index (χ3v) is 3.90. The van der Waals surface area contributed by atoms with Crippen molar-refractivity contribution in [3.05, 3.63) is 54.1 Å². The molecule has 144 valence electrons. The summed E-state index contributed by atoms with van der Waals surface area (Å²) >= 11 is 0. The summed E-state index contributed by atoms with van der Waals surface area (Å²) in [5.74, 6) is 0.702. The van der Waals surface area contributed by atoms with Crippen LogP contribution in [0.15, 0.2) is 48.5 Å². The normalized spacial score (nSPS) is 10.3. The zero-order chi connectivity index (χ0) is 19.5. The number of ether oxygens (including phenoxy) is 3. The van der Waals surface area contributed by atoms with Gasteiger partial charge in [-0.05, 0) is 55.0 Å². The first-order valence-electron chi connectivity index (χ1n) is 9.32. The van der Waals surface area contributed by atoms with Crippen LogP contribution in [-0.2, 0) is 4.79 Å². The third-order valence-electron chi connectivity index (χ3n) is 3.90. The van der Waals surface area contributed by atoms with Crippen LogP contribution < -0.4 is 14.2 Å². The van der Waals surface area contributed by atoms with E-state index in [9.17, 15) is 9.59 Å². The summed E-state index contributed by atoms with van der Waals surface area (Å²) in [6.07, 6.45) is 5.97. The topological polar surface area (TPSA) is 61.8 Å². The van der Waals surface area contributed by atoms with Gasteiger partial charge < -0.3 is 14.2 Å². The molecule has 0 N–H and O–H groups in total. The number of benzene rings is 2. The molecule has 0 aliphatic rings. The molecule has 0 fully saturated rings. The van der Waals surface area contributed by atoms with Crippen LogP contribution in [0.25, 0.3) is 0 Å². The predicted molar refractivity (Wildman–Crippen MR) is 103 cm³/mol. The molecule has 2 aromatic rings. The molecular formula is C22H26O5.